The topological polar surface area (TPSA) is 47.0 Å². The van der Waals surface area contributed by atoms with Crippen molar-refractivity contribution in [3.63, 3.8) is 0 Å². The molecule has 0 bridgehead atoms. The number of rotatable bonds is 5. The van der Waals surface area contributed by atoms with Crippen LogP contribution in [0.3, 0.4) is 0 Å². The number of aliphatic hydroxyl groups excluding tert-OH is 1. The summed E-state index contributed by atoms with van der Waals surface area (Å²) in [5.41, 5.74) is 2.04. The maximum atomic E-state index is 12.7. The molecule has 5 nitrogen and oxygen atoms in total. The second-order valence-electron chi connectivity index (χ2n) is 7.48. The van der Waals surface area contributed by atoms with E-state index in [0.29, 0.717) is 0 Å². The van der Waals surface area contributed by atoms with Gasteiger partial charge in [-0.1, -0.05) is 12.1 Å². The number of piperidine rings is 1. The molecule has 5 heteroatoms. The zero-order chi connectivity index (χ0) is 17.6. The zero-order valence-electron chi connectivity index (χ0n) is 15.4. The standard InChI is InChI=1S/C20H31N3O2/c1-17(24)15-21-10-12-22(13-11-21)16-18-6-5-7-19(14-18)20(25)23-8-3-2-4-9-23/h5-7,14,17,24H,2-4,8-13,15-16H2,1H3. The molecule has 2 aliphatic rings. The Labute approximate surface area is 151 Å². The summed E-state index contributed by atoms with van der Waals surface area (Å²) in [5, 5.41) is 9.50. The quantitative estimate of drug-likeness (QED) is 0.884. The van der Waals surface area contributed by atoms with Crippen LogP contribution in [0.2, 0.25) is 0 Å². The maximum absolute atomic E-state index is 12.7. The number of piperazine rings is 1. The highest BCUT2D eigenvalue weighted by molar-refractivity contribution is 5.94. The van der Waals surface area contributed by atoms with E-state index in [1.807, 2.05) is 24.0 Å². The van der Waals surface area contributed by atoms with Crippen molar-refractivity contribution in [2.45, 2.75) is 38.8 Å². The average molecular weight is 345 g/mol. The highest BCUT2D eigenvalue weighted by Crippen LogP contribution is 2.16. The second-order valence-corrected chi connectivity index (χ2v) is 7.48. The molecule has 2 saturated heterocycles. The molecule has 2 heterocycles. The van der Waals surface area contributed by atoms with Gasteiger partial charge in [0, 0.05) is 57.9 Å². The molecule has 2 aliphatic heterocycles. The van der Waals surface area contributed by atoms with E-state index in [9.17, 15) is 9.90 Å². The predicted molar refractivity (Wildman–Crippen MR) is 99.6 cm³/mol. The summed E-state index contributed by atoms with van der Waals surface area (Å²) < 4.78 is 0. The molecule has 138 valence electrons. The zero-order valence-corrected chi connectivity index (χ0v) is 15.4. The first-order chi connectivity index (χ1) is 12.1. The fraction of sp³-hybridized carbons (Fsp3) is 0.650. The van der Waals surface area contributed by atoms with Crippen molar-refractivity contribution in [1.82, 2.24) is 14.7 Å². The summed E-state index contributed by atoms with van der Waals surface area (Å²) in [6.45, 7) is 9.31. The lowest BCUT2D eigenvalue weighted by atomic mass is 10.1. The third kappa shape index (κ3) is 5.27. The van der Waals surface area contributed by atoms with Gasteiger partial charge in [-0.15, -0.1) is 0 Å². The molecule has 0 spiro atoms. The van der Waals surface area contributed by atoms with Crippen LogP contribution in [0.1, 0.15) is 42.1 Å². The van der Waals surface area contributed by atoms with Crippen LogP contribution in [-0.4, -0.2) is 77.6 Å². The van der Waals surface area contributed by atoms with Crippen molar-refractivity contribution >= 4 is 5.91 Å². The first-order valence-electron chi connectivity index (χ1n) is 9.63. The number of nitrogens with zero attached hydrogens (tertiary/aromatic N) is 3. The van der Waals surface area contributed by atoms with Crippen molar-refractivity contribution < 1.29 is 9.90 Å². The Balaban J connectivity index is 1.54. The van der Waals surface area contributed by atoms with Crippen LogP contribution in [-0.2, 0) is 6.54 Å². The molecule has 25 heavy (non-hydrogen) atoms. The fourth-order valence-corrected chi connectivity index (χ4v) is 3.84. The molecule has 1 amide bonds. The van der Waals surface area contributed by atoms with Gasteiger partial charge >= 0.3 is 0 Å². The second kappa shape index (κ2) is 8.79. The predicted octanol–water partition coefficient (Wildman–Crippen LogP) is 1.81. The van der Waals surface area contributed by atoms with Gasteiger partial charge in [0.1, 0.15) is 0 Å². The summed E-state index contributed by atoms with van der Waals surface area (Å²) in [7, 11) is 0. The van der Waals surface area contributed by atoms with Crippen LogP contribution in [0.15, 0.2) is 24.3 Å². The molecule has 1 atom stereocenters. The number of amides is 1. The van der Waals surface area contributed by atoms with Crippen LogP contribution in [0.4, 0.5) is 0 Å². The minimum Gasteiger partial charge on any atom is -0.392 e. The van der Waals surface area contributed by atoms with Crippen LogP contribution >= 0.6 is 0 Å². The van der Waals surface area contributed by atoms with E-state index in [2.05, 4.69) is 21.9 Å². The number of carbonyl (C=O) groups is 1. The smallest absolute Gasteiger partial charge is 0.253 e. The summed E-state index contributed by atoms with van der Waals surface area (Å²) in [5.74, 6) is 0.184. The van der Waals surface area contributed by atoms with E-state index in [1.54, 1.807) is 0 Å². The van der Waals surface area contributed by atoms with Gasteiger partial charge < -0.3 is 10.0 Å². The van der Waals surface area contributed by atoms with E-state index in [-0.39, 0.29) is 12.0 Å². The molecule has 1 N–H and O–H groups in total. The van der Waals surface area contributed by atoms with Gasteiger partial charge in [0.2, 0.25) is 0 Å². The Kier molecular flexibility index (Phi) is 6.45. The Morgan fingerprint density at radius 2 is 1.72 bits per heavy atom. The minimum absolute atomic E-state index is 0.184. The largest absolute Gasteiger partial charge is 0.392 e. The Morgan fingerprint density at radius 1 is 1.04 bits per heavy atom. The Morgan fingerprint density at radius 3 is 2.40 bits per heavy atom. The number of carbonyl (C=O) groups excluding carboxylic acids is 1. The lowest BCUT2D eigenvalue weighted by Gasteiger charge is -2.35. The normalized spacial score (nSPS) is 21.3. The molecule has 0 aliphatic carbocycles. The molecule has 0 saturated carbocycles. The maximum Gasteiger partial charge on any atom is 0.253 e. The van der Waals surface area contributed by atoms with Gasteiger partial charge in [0.15, 0.2) is 0 Å². The number of benzene rings is 1. The molecule has 1 aromatic carbocycles. The lowest BCUT2D eigenvalue weighted by molar-refractivity contribution is 0.0723. The van der Waals surface area contributed by atoms with E-state index in [0.717, 1.165) is 70.8 Å². The van der Waals surface area contributed by atoms with E-state index < -0.39 is 0 Å². The van der Waals surface area contributed by atoms with Gasteiger partial charge in [-0.25, -0.2) is 0 Å². The van der Waals surface area contributed by atoms with Gasteiger partial charge in [-0.05, 0) is 43.9 Å². The lowest BCUT2D eigenvalue weighted by Crippen LogP contribution is -2.47. The molecule has 0 aromatic heterocycles. The van der Waals surface area contributed by atoms with E-state index in [1.165, 1.54) is 12.0 Å². The molecule has 0 radical (unpaired) electrons. The monoisotopic (exact) mass is 345 g/mol. The van der Waals surface area contributed by atoms with Gasteiger partial charge in [0.05, 0.1) is 6.10 Å². The Hall–Kier alpha value is -1.43. The summed E-state index contributed by atoms with van der Waals surface area (Å²) in [6, 6.07) is 8.14. The molecule has 1 aromatic rings. The first kappa shape index (κ1) is 18.4. The van der Waals surface area contributed by atoms with Crippen LogP contribution in [0.25, 0.3) is 0 Å². The summed E-state index contributed by atoms with van der Waals surface area (Å²) in [6.07, 6.45) is 3.24. The molecule has 3 rings (SSSR count). The number of hydrogen-bond acceptors (Lipinski definition) is 4. The SMILES string of the molecule is CC(O)CN1CCN(Cc2cccc(C(=O)N3CCCCC3)c2)CC1. The van der Waals surface area contributed by atoms with Crippen molar-refractivity contribution in [2.24, 2.45) is 0 Å². The minimum atomic E-state index is -0.260. The third-order valence-corrected chi connectivity index (χ3v) is 5.21. The van der Waals surface area contributed by atoms with Crippen LogP contribution in [0, 0.1) is 0 Å². The highest BCUT2D eigenvalue weighted by atomic mass is 16.3. The van der Waals surface area contributed by atoms with Crippen molar-refractivity contribution in [3.8, 4) is 0 Å². The molecule has 1 unspecified atom stereocenters. The van der Waals surface area contributed by atoms with Gasteiger partial charge in [0.25, 0.3) is 5.91 Å². The Bertz CT molecular complexity index is 562. The van der Waals surface area contributed by atoms with Crippen molar-refractivity contribution in [2.75, 3.05) is 45.8 Å². The van der Waals surface area contributed by atoms with Crippen LogP contribution < -0.4 is 0 Å². The number of β-amino-alcohol motifs (C(OH)–C–C–N with tert-alkyl or cyclic N) is 1. The number of likely N-dealkylation sites (tertiary alicyclic amines) is 1. The van der Waals surface area contributed by atoms with Gasteiger partial charge in [-0.3, -0.25) is 14.6 Å². The number of aliphatic hydroxyl groups is 1. The average Bonchev–Trinajstić information content (AvgIpc) is 2.63. The molecule has 2 fully saturated rings. The number of hydrogen-bond donors (Lipinski definition) is 1. The summed E-state index contributed by atoms with van der Waals surface area (Å²) >= 11 is 0. The van der Waals surface area contributed by atoms with Crippen LogP contribution in [0.5, 0.6) is 0 Å². The first-order valence-corrected chi connectivity index (χ1v) is 9.63. The third-order valence-electron chi connectivity index (χ3n) is 5.21. The van der Waals surface area contributed by atoms with E-state index >= 15 is 0 Å². The summed E-state index contributed by atoms with van der Waals surface area (Å²) in [4.78, 5) is 19.4. The van der Waals surface area contributed by atoms with Gasteiger partial charge in [-0.2, -0.15) is 0 Å². The highest BCUT2D eigenvalue weighted by Gasteiger charge is 2.20. The van der Waals surface area contributed by atoms with Crippen molar-refractivity contribution in [3.05, 3.63) is 35.4 Å². The fourth-order valence-electron chi connectivity index (χ4n) is 3.84. The van der Waals surface area contributed by atoms with Crippen molar-refractivity contribution in [1.29, 1.82) is 0 Å². The molecular weight excluding hydrogens is 314 g/mol. The van der Waals surface area contributed by atoms with E-state index in [4.69, 9.17) is 0 Å². The molecular formula is C20H31N3O2.